The third-order valence-electron chi connectivity index (χ3n) is 1.30. The van der Waals surface area contributed by atoms with Crippen molar-refractivity contribution in [3.63, 3.8) is 0 Å². The van der Waals surface area contributed by atoms with E-state index in [0.29, 0.717) is 0 Å². The molecule has 0 atom stereocenters. The zero-order valence-corrected chi connectivity index (χ0v) is 7.12. The average Bonchev–Trinajstić information content (AvgIpc) is 1.98. The van der Waals surface area contributed by atoms with Crippen LogP contribution in [0.1, 0.15) is 32.6 Å². The third-order valence-corrected chi connectivity index (χ3v) is 1.56. The van der Waals surface area contributed by atoms with Crippen LogP contribution in [-0.4, -0.2) is 5.88 Å². The Hall–Kier alpha value is -0.0400. The second kappa shape index (κ2) is 7.07. The summed E-state index contributed by atoms with van der Waals surface area (Å²) in [5.74, 6) is -0.177. The van der Waals surface area contributed by atoms with Crippen molar-refractivity contribution in [2.24, 2.45) is 0 Å². The molecule has 0 aromatic rings. The molecule has 0 N–H and O–H groups in total. The minimum atomic E-state index is -0.197. The molecule has 60 valence electrons. The summed E-state index contributed by atoms with van der Waals surface area (Å²) in [4.78, 5) is 0. The fraction of sp³-hybridized carbons (Fsp3) is 0.750. The molecule has 0 radical (unpaired) electrons. The summed E-state index contributed by atoms with van der Waals surface area (Å²) in [6.07, 6.45) is 5.82. The number of halogens is 2. The number of hydrogen-bond acceptors (Lipinski definition) is 0. The second-order valence-electron chi connectivity index (χ2n) is 2.28. The Morgan fingerprint density at radius 2 is 2.20 bits per heavy atom. The van der Waals surface area contributed by atoms with E-state index < -0.39 is 0 Å². The average molecular weight is 165 g/mol. The van der Waals surface area contributed by atoms with Gasteiger partial charge in [-0.1, -0.05) is 25.8 Å². The molecule has 0 rings (SSSR count). The number of unbranched alkanes of at least 4 members (excludes halogenated alkanes) is 3. The van der Waals surface area contributed by atoms with Gasteiger partial charge in [-0.3, -0.25) is 0 Å². The van der Waals surface area contributed by atoms with Gasteiger partial charge in [0.2, 0.25) is 0 Å². The predicted molar refractivity (Wildman–Crippen MR) is 44.1 cm³/mol. The Labute approximate surface area is 67.1 Å². The first-order valence-electron chi connectivity index (χ1n) is 3.71. The maximum atomic E-state index is 12.3. The number of rotatable bonds is 5. The van der Waals surface area contributed by atoms with Gasteiger partial charge in [0.25, 0.3) is 0 Å². The molecule has 0 nitrogen and oxygen atoms in total. The van der Waals surface area contributed by atoms with Gasteiger partial charge in [-0.05, 0) is 12.8 Å². The molecule has 0 aromatic heterocycles. The van der Waals surface area contributed by atoms with Crippen molar-refractivity contribution in [3.05, 3.63) is 11.9 Å². The first kappa shape index (κ1) is 9.96. The number of alkyl halides is 1. The molecule has 0 bridgehead atoms. The quantitative estimate of drug-likeness (QED) is 0.430. The van der Waals surface area contributed by atoms with Gasteiger partial charge in [-0.15, -0.1) is 11.6 Å². The molecule has 0 spiro atoms. The fourth-order valence-electron chi connectivity index (χ4n) is 0.708. The molecule has 0 fully saturated rings. The Balaban J connectivity index is 3.16. The van der Waals surface area contributed by atoms with Crippen molar-refractivity contribution in [2.45, 2.75) is 32.6 Å². The molecular weight excluding hydrogens is 151 g/mol. The summed E-state index contributed by atoms with van der Waals surface area (Å²) in [5.41, 5.74) is 0. The van der Waals surface area contributed by atoms with Gasteiger partial charge in [-0.25, -0.2) is 4.39 Å². The van der Waals surface area contributed by atoms with Crippen LogP contribution in [0.3, 0.4) is 0 Å². The highest BCUT2D eigenvalue weighted by molar-refractivity contribution is 6.19. The summed E-state index contributed by atoms with van der Waals surface area (Å²) in [6, 6.07) is 0. The van der Waals surface area contributed by atoms with Gasteiger partial charge in [0.1, 0.15) is 5.83 Å². The molecule has 0 amide bonds. The Kier molecular flexibility index (Phi) is 7.04. The van der Waals surface area contributed by atoms with Crippen LogP contribution in [0.5, 0.6) is 0 Å². The molecule has 0 saturated carbocycles. The molecule has 0 aliphatic rings. The van der Waals surface area contributed by atoms with Crippen molar-refractivity contribution >= 4 is 11.6 Å². The van der Waals surface area contributed by atoms with Gasteiger partial charge in [0.05, 0.1) is 5.88 Å². The Bertz CT molecular complexity index is 99.4. The lowest BCUT2D eigenvalue weighted by atomic mass is 10.2. The van der Waals surface area contributed by atoms with Crippen LogP contribution in [0.15, 0.2) is 11.9 Å². The van der Waals surface area contributed by atoms with Gasteiger partial charge >= 0.3 is 0 Å². The largest absolute Gasteiger partial charge is 0.211 e. The van der Waals surface area contributed by atoms with E-state index in [0.717, 1.165) is 12.8 Å². The van der Waals surface area contributed by atoms with Crippen LogP contribution in [0.4, 0.5) is 4.39 Å². The lowest BCUT2D eigenvalue weighted by Crippen LogP contribution is -1.76. The summed E-state index contributed by atoms with van der Waals surface area (Å²) < 4.78 is 12.3. The maximum Gasteiger partial charge on any atom is 0.111 e. The van der Waals surface area contributed by atoms with E-state index in [4.69, 9.17) is 11.6 Å². The summed E-state index contributed by atoms with van der Waals surface area (Å²) in [6.45, 7) is 2.13. The van der Waals surface area contributed by atoms with E-state index in [2.05, 4.69) is 6.92 Å². The van der Waals surface area contributed by atoms with Crippen LogP contribution < -0.4 is 0 Å². The Morgan fingerprint density at radius 1 is 1.50 bits per heavy atom. The maximum absolute atomic E-state index is 12.3. The van der Waals surface area contributed by atoms with Crippen molar-refractivity contribution in [1.82, 2.24) is 0 Å². The lowest BCUT2D eigenvalue weighted by molar-refractivity contribution is 0.628. The molecule has 10 heavy (non-hydrogen) atoms. The Morgan fingerprint density at radius 3 is 2.70 bits per heavy atom. The van der Waals surface area contributed by atoms with Crippen molar-refractivity contribution in [2.75, 3.05) is 5.88 Å². The standard InChI is InChI=1S/C8H14ClF/c1-2-3-4-5-6-8(10)7-9/h6H,2-5,7H2,1H3. The van der Waals surface area contributed by atoms with E-state index in [1.165, 1.54) is 12.8 Å². The SMILES string of the molecule is CCCCCC=C(F)CCl. The summed E-state index contributed by atoms with van der Waals surface area (Å²) >= 11 is 5.22. The van der Waals surface area contributed by atoms with E-state index >= 15 is 0 Å². The molecule has 0 aliphatic heterocycles. The monoisotopic (exact) mass is 164 g/mol. The molecular formula is C8H14ClF. The van der Waals surface area contributed by atoms with Crippen molar-refractivity contribution in [3.8, 4) is 0 Å². The smallest absolute Gasteiger partial charge is 0.111 e. The second-order valence-corrected chi connectivity index (χ2v) is 2.55. The number of allylic oxidation sites excluding steroid dienone is 2. The highest BCUT2D eigenvalue weighted by Crippen LogP contribution is 2.05. The van der Waals surface area contributed by atoms with E-state index in [-0.39, 0.29) is 11.7 Å². The topological polar surface area (TPSA) is 0 Å². The highest BCUT2D eigenvalue weighted by atomic mass is 35.5. The predicted octanol–water partition coefficient (Wildman–Crippen LogP) is 3.66. The lowest BCUT2D eigenvalue weighted by Gasteiger charge is -1.91. The molecule has 0 saturated heterocycles. The first-order valence-corrected chi connectivity index (χ1v) is 4.25. The zero-order valence-electron chi connectivity index (χ0n) is 6.37. The normalized spacial score (nSPS) is 12.1. The van der Waals surface area contributed by atoms with E-state index in [9.17, 15) is 4.39 Å². The zero-order chi connectivity index (χ0) is 7.82. The van der Waals surface area contributed by atoms with Crippen LogP contribution in [0, 0.1) is 0 Å². The van der Waals surface area contributed by atoms with Gasteiger partial charge in [-0.2, -0.15) is 0 Å². The van der Waals surface area contributed by atoms with Crippen LogP contribution in [-0.2, 0) is 0 Å². The molecule has 2 heteroatoms. The summed E-state index contributed by atoms with van der Waals surface area (Å²) in [5, 5.41) is 0. The molecule has 0 aliphatic carbocycles. The van der Waals surface area contributed by atoms with Gasteiger partial charge in [0.15, 0.2) is 0 Å². The van der Waals surface area contributed by atoms with Crippen LogP contribution >= 0.6 is 11.6 Å². The molecule has 0 aromatic carbocycles. The van der Waals surface area contributed by atoms with Crippen LogP contribution in [0.2, 0.25) is 0 Å². The van der Waals surface area contributed by atoms with Gasteiger partial charge in [0, 0.05) is 0 Å². The first-order chi connectivity index (χ1) is 4.81. The molecule has 0 unspecified atom stereocenters. The molecule has 0 heterocycles. The van der Waals surface area contributed by atoms with Gasteiger partial charge < -0.3 is 0 Å². The summed E-state index contributed by atoms with van der Waals surface area (Å²) in [7, 11) is 0. The minimum Gasteiger partial charge on any atom is -0.211 e. The highest BCUT2D eigenvalue weighted by Gasteiger charge is 1.89. The fourth-order valence-corrected chi connectivity index (χ4v) is 0.817. The number of hydrogen-bond donors (Lipinski definition) is 0. The van der Waals surface area contributed by atoms with Crippen molar-refractivity contribution in [1.29, 1.82) is 0 Å². The van der Waals surface area contributed by atoms with E-state index in [1.54, 1.807) is 6.08 Å². The van der Waals surface area contributed by atoms with Crippen LogP contribution in [0.25, 0.3) is 0 Å². The van der Waals surface area contributed by atoms with Crippen molar-refractivity contribution < 1.29 is 4.39 Å². The van der Waals surface area contributed by atoms with E-state index in [1.807, 2.05) is 0 Å². The minimum absolute atomic E-state index is 0.0200. The third kappa shape index (κ3) is 6.09.